The molecule has 0 rings (SSSR count). The predicted molar refractivity (Wildman–Crippen MR) is 22.5 cm³/mol. The van der Waals surface area contributed by atoms with Crippen molar-refractivity contribution in [2.75, 3.05) is 0 Å². The van der Waals surface area contributed by atoms with Gasteiger partial charge in [-0.25, -0.2) is 9.59 Å². The first-order chi connectivity index (χ1) is 2.64. The molecule has 0 spiro atoms. The van der Waals surface area contributed by atoms with Crippen molar-refractivity contribution < 1.29 is 53.4 Å². The van der Waals surface area contributed by atoms with Gasteiger partial charge in [0.05, 0.1) is 0 Å². The third-order valence-electron chi connectivity index (χ3n) is 0.183. The second-order valence-electron chi connectivity index (χ2n) is 0.610. The fourth-order valence-electron chi connectivity index (χ4n) is 0. The Balaban J connectivity index is -0.0000000417. The van der Waals surface area contributed by atoms with E-state index >= 15 is 0 Å². The van der Waals surface area contributed by atoms with E-state index in [2.05, 4.69) is 0 Å². The summed E-state index contributed by atoms with van der Waals surface area (Å²) in [6.07, 6.45) is 0. The van der Waals surface area contributed by atoms with Crippen molar-refractivity contribution in [3.8, 4) is 0 Å². The SMILES string of the molecule is Cl.O=C(O)C(=O)O.[Co].[Co]. The number of aliphatic carboxylic acids is 2. The average Bonchev–Trinajstić information content (AvgIpc) is 1.36. The summed E-state index contributed by atoms with van der Waals surface area (Å²) in [5.41, 5.74) is 0. The van der Waals surface area contributed by atoms with Crippen LogP contribution in [0.4, 0.5) is 0 Å². The Hall–Kier alpha value is 0.243. The summed E-state index contributed by atoms with van der Waals surface area (Å²) in [5.74, 6) is -3.65. The van der Waals surface area contributed by atoms with Crippen LogP contribution < -0.4 is 0 Å². The third-order valence-corrected chi connectivity index (χ3v) is 0.183. The molecule has 2 N–H and O–H groups in total. The van der Waals surface area contributed by atoms with Gasteiger partial charge in [0.25, 0.3) is 0 Å². The van der Waals surface area contributed by atoms with Gasteiger partial charge in [0.1, 0.15) is 0 Å². The number of rotatable bonds is 0. The molecule has 0 saturated heterocycles. The maximum atomic E-state index is 9.10. The van der Waals surface area contributed by atoms with Crippen LogP contribution in [0.3, 0.4) is 0 Å². The van der Waals surface area contributed by atoms with E-state index in [0.29, 0.717) is 0 Å². The van der Waals surface area contributed by atoms with E-state index < -0.39 is 11.9 Å². The molecule has 0 bridgehead atoms. The zero-order valence-electron chi connectivity index (χ0n) is 3.79. The van der Waals surface area contributed by atoms with Gasteiger partial charge < -0.3 is 10.2 Å². The number of halogens is 1. The van der Waals surface area contributed by atoms with Crippen LogP contribution in [-0.2, 0) is 43.1 Å². The fraction of sp³-hybridized carbons (Fsp3) is 0. The molecular weight excluding hydrogens is 241 g/mol. The van der Waals surface area contributed by atoms with Crippen molar-refractivity contribution in [1.82, 2.24) is 0 Å². The smallest absolute Gasteiger partial charge is 0.414 e. The van der Waals surface area contributed by atoms with Crippen molar-refractivity contribution in [2.24, 2.45) is 0 Å². The van der Waals surface area contributed by atoms with Gasteiger partial charge in [-0.3, -0.25) is 0 Å². The van der Waals surface area contributed by atoms with E-state index in [-0.39, 0.29) is 46.0 Å². The topological polar surface area (TPSA) is 74.6 Å². The van der Waals surface area contributed by atoms with Crippen molar-refractivity contribution in [1.29, 1.82) is 0 Å². The first kappa shape index (κ1) is 22.8. The van der Waals surface area contributed by atoms with Crippen molar-refractivity contribution >= 4 is 24.3 Å². The molecule has 9 heavy (non-hydrogen) atoms. The molecular formula is C2H3ClCo2O4. The van der Waals surface area contributed by atoms with Gasteiger partial charge in [-0.2, -0.15) is 0 Å². The van der Waals surface area contributed by atoms with Crippen LogP contribution in [0.5, 0.6) is 0 Å². The predicted octanol–water partition coefficient (Wildman–Crippen LogP) is -0.428. The minimum absolute atomic E-state index is 0. The Morgan fingerprint density at radius 2 is 1.00 bits per heavy atom. The Morgan fingerprint density at radius 1 is 0.889 bits per heavy atom. The molecule has 0 amide bonds. The first-order valence-electron chi connectivity index (χ1n) is 1.11. The van der Waals surface area contributed by atoms with Crippen LogP contribution >= 0.6 is 12.4 Å². The molecule has 60 valence electrons. The van der Waals surface area contributed by atoms with Gasteiger partial charge in [0.2, 0.25) is 0 Å². The largest absolute Gasteiger partial charge is 0.473 e. The van der Waals surface area contributed by atoms with E-state index in [0.717, 1.165) is 0 Å². The third kappa shape index (κ3) is 17.8. The van der Waals surface area contributed by atoms with E-state index in [1.165, 1.54) is 0 Å². The van der Waals surface area contributed by atoms with Crippen LogP contribution in [0.25, 0.3) is 0 Å². The second-order valence-corrected chi connectivity index (χ2v) is 0.610. The minimum atomic E-state index is -1.82. The zero-order chi connectivity index (χ0) is 5.15. The first-order valence-corrected chi connectivity index (χ1v) is 1.11. The Morgan fingerprint density at radius 3 is 1.00 bits per heavy atom. The molecule has 4 nitrogen and oxygen atoms in total. The standard InChI is InChI=1S/C2H2O4.ClH.2Co/c3-1(4)2(5)6;;;/h(H,3,4)(H,5,6);1H;;. The number of hydrogen-bond donors (Lipinski definition) is 2. The van der Waals surface area contributed by atoms with Crippen LogP contribution in [-0.4, -0.2) is 22.2 Å². The summed E-state index contributed by atoms with van der Waals surface area (Å²) in [7, 11) is 0. The molecule has 2 radical (unpaired) electrons. The van der Waals surface area contributed by atoms with Gasteiger partial charge in [0.15, 0.2) is 0 Å². The Labute approximate surface area is 77.8 Å². The quantitative estimate of drug-likeness (QED) is 0.567. The molecule has 0 aromatic heterocycles. The van der Waals surface area contributed by atoms with Crippen LogP contribution in [0, 0.1) is 0 Å². The molecule has 0 aromatic carbocycles. The molecule has 0 atom stereocenters. The van der Waals surface area contributed by atoms with Crippen molar-refractivity contribution in [2.45, 2.75) is 0 Å². The summed E-state index contributed by atoms with van der Waals surface area (Å²) >= 11 is 0. The normalized spacial score (nSPS) is 4.89. The molecule has 0 unspecified atom stereocenters. The van der Waals surface area contributed by atoms with Crippen LogP contribution in [0.15, 0.2) is 0 Å². The second kappa shape index (κ2) is 11.1. The summed E-state index contributed by atoms with van der Waals surface area (Å²) in [6.45, 7) is 0. The maximum absolute atomic E-state index is 9.10. The molecule has 0 saturated carbocycles. The van der Waals surface area contributed by atoms with E-state index in [1.54, 1.807) is 0 Å². The molecule has 7 heteroatoms. The summed E-state index contributed by atoms with van der Waals surface area (Å²) < 4.78 is 0. The fourth-order valence-corrected chi connectivity index (χ4v) is 0. The Bertz CT molecular complexity index is 82.6. The molecule has 0 aliphatic heterocycles. The van der Waals surface area contributed by atoms with Crippen LogP contribution in [0.1, 0.15) is 0 Å². The zero-order valence-corrected chi connectivity index (χ0v) is 6.68. The summed E-state index contributed by atoms with van der Waals surface area (Å²) in [5, 5.41) is 14.8. The van der Waals surface area contributed by atoms with Gasteiger partial charge in [-0.05, 0) is 0 Å². The van der Waals surface area contributed by atoms with Crippen molar-refractivity contribution in [3.05, 3.63) is 0 Å². The maximum Gasteiger partial charge on any atom is 0.414 e. The molecule has 0 aliphatic rings. The number of carboxylic acids is 2. The molecule has 0 aliphatic carbocycles. The Kier molecular flexibility index (Phi) is 28.2. The number of hydrogen-bond acceptors (Lipinski definition) is 2. The molecule has 0 heterocycles. The van der Waals surface area contributed by atoms with Gasteiger partial charge >= 0.3 is 11.9 Å². The average molecular weight is 244 g/mol. The molecule has 0 fully saturated rings. The summed E-state index contributed by atoms with van der Waals surface area (Å²) in [6, 6.07) is 0. The monoisotopic (exact) mass is 244 g/mol. The molecule has 0 aromatic rings. The van der Waals surface area contributed by atoms with Gasteiger partial charge in [-0.15, -0.1) is 12.4 Å². The van der Waals surface area contributed by atoms with E-state index in [1.807, 2.05) is 0 Å². The summed E-state index contributed by atoms with van der Waals surface area (Å²) in [4.78, 5) is 18.2. The number of carbonyl (C=O) groups is 2. The van der Waals surface area contributed by atoms with E-state index in [4.69, 9.17) is 19.8 Å². The van der Waals surface area contributed by atoms with Gasteiger partial charge in [-0.1, -0.05) is 0 Å². The van der Waals surface area contributed by atoms with Gasteiger partial charge in [0, 0.05) is 33.6 Å². The van der Waals surface area contributed by atoms with Crippen molar-refractivity contribution in [3.63, 3.8) is 0 Å². The minimum Gasteiger partial charge on any atom is -0.473 e. The van der Waals surface area contributed by atoms with E-state index in [9.17, 15) is 0 Å². The number of carboxylic acid groups (broad SMARTS) is 2. The van der Waals surface area contributed by atoms with Crippen LogP contribution in [0.2, 0.25) is 0 Å².